The molecule has 4 nitrogen and oxygen atoms in total. The monoisotopic (exact) mass is 450 g/mol. The van der Waals surface area contributed by atoms with E-state index in [2.05, 4.69) is 5.32 Å². The maximum absolute atomic E-state index is 14.1. The molecule has 2 rings (SSSR count). The molecule has 1 N–H and O–H groups in total. The molecule has 1 amide bonds. The van der Waals surface area contributed by atoms with Crippen LogP contribution in [0.25, 0.3) is 11.1 Å². The van der Waals surface area contributed by atoms with Gasteiger partial charge in [-0.2, -0.15) is 18.4 Å². The molecule has 0 radical (unpaired) electrons. The van der Waals surface area contributed by atoms with E-state index in [0.29, 0.717) is 11.1 Å². The highest BCUT2D eigenvalue weighted by Crippen LogP contribution is 2.41. The zero-order valence-corrected chi connectivity index (χ0v) is 18.4. The number of alkyl halides is 3. The number of nitrogens with zero attached hydrogens (tertiary/aromatic N) is 1. The van der Waals surface area contributed by atoms with E-state index in [4.69, 9.17) is 10.00 Å². The Hall–Kier alpha value is -2.50. The highest BCUT2D eigenvalue weighted by Gasteiger charge is 2.45. The van der Waals surface area contributed by atoms with E-state index >= 15 is 0 Å². The van der Waals surface area contributed by atoms with Crippen LogP contribution < -0.4 is 5.32 Å². The molecule has 0 fully saturated rings. The maximum atomic E-state index is 14.1. The van der Waals surface area contributed by atoms with Crippen LogP contribution in [-0.2, 0) is 9.53 Å². The highest BCUT2D eigenvalue weighted by atomic mass is 32.2. The van der Waals surface area contributed by atoms with Crippen molar-refractivity contribution in [1.82, 2.24) is 5.32 Å². The van der Waals surface area contributed by atoms with Gasteiger partial charge in [0.2, 0.25) is 5.91 Å². The summed E-state index contributed by atoms with van der Waals surface area (Å²) in [5.74, 6) is -0.813. The van der Waals surface area contributed by atoms with E-state index in [-0.39, 0.29) is 24.4 Å². The van der Waals surface area contributed by atoms with Crippen LogP contribution in [0.2, 0.25) is 0 Å². The molecule has 0 saturated heterocycles. The molecule has 0 spiro atoms. The average Bonchev–Trinajstić information content (AvgIpc) is 2.74. The quantitative estimate of drug-likeness (QED) is 0.390. The third kappa shape index (κ3) is 7.01. The first kappa shape index (κ1) is 24.8. The first-order chi connectivity index (χ1) is 14.7. The van der Waals surface area contributed by atoms with Crippen molar-refractivity contribution < 1.29 is 22.7 Å². The smallest absolute Gasteiger partial charge is 0.351 e. The fourth-order valence-electron chi connectivity index (χ4n) is 3.14. The van der Waals surface area contributed by atoms with E-state index < -0.39 is 24.3 Å². The number of halogens is 3. The Balaban J connectivity index is 2.46. The SMILES string of the molecule is CSc1ccc(-c2ccccc2C(OC(CC(C)C)C(=O)NCC#N)C(F)(F)F)cc1. The van der Waals surface area contributed by atoms with Crippen LogP contribution in [0.1, 0.15) is 31.9 Å². The molecule has 31 heavy (non-hydrogen) atoms. The fourth-order valence-corrected chi connectivity index (χ4v) is 3.55. The Bertz CT molecular complexity index is 908. The second-order valence-electron chi connectivity index (χ2n) is 7.37. The van der Waals surface area contributed by atoms with Gasteiger partial charge in [-0.1, -0.05) is 50.2 Å². The van der Waals surface area contributed by atoms with Crippen molar-refractivity contribution in [2.45, 2.75) is 43.5 Å². The lowest BCUT2D eigenvalue weighted by atomic mass is 9.95. The van der Waals surface area contributed by atoms with Crippen LogP contribution in [0.4, 0.5) is 13.2 Å². The van der Waals surface area contributed by atoms with Crippen molar-refractivity contribution in [2.75, 3.05) is 12.8 Å². The Labute approximate surface area is 184 Å². The van der Waals surface area contributed by atoms with Crippen LogP contribution >= 0.6 is 11.8 Å². The normalized spacial score (nSPS) is 13.5. The van der Waals surface area contributed by atoms with Gasteiger partial charge in [0.15, 0.2) is 6.10 Å². The summed E-state index contributed by atoms with van der Waals surface area (Å²) in [6.07, 6.45) is -6.36. The first-order valence-corrected chi connectivity index (χ1v) is 11.0. The van der Waals surface area contributed by atoms with Crippen molar-refractivity contribution in [1.29, 1.82) is 5.26 Å². The predicted molar refractivity (Wildman–Crippen MR) is 115 cm³/mol. The Morgan fingerprint density at radius 1 is 1.16 bits per heavy atom. The van der Waals surface area contributed by atoms with Gasteiger partial charge in [0.1, 0.15) is 12.6 Å². The lowest BCUT2D eigenvalue weighted by molar-refractivity contribution is -0.236. The summed E-state index contributed by atoms with van der Waals surface area (Å²) >= 11 is 1.54. The minimum absolute atomic E-state index is 0.0614. The standard InChI is InChI=1S/C23H25F3N2O2S/c1-15(2)14-20(22(29)28-13-12-27)30-21(23(24,25)26)19-7-5-4-6-18(19)16-8-10-17(31-3)11-9-16/h4-11,15,20-21H,13-14H2,1-3H3,(H,28,29). The molecular formula is C23H25F3N2O2S. The maximum Gasteiger partial charge on any atom is 0.418 e. The van der Waals surface area contributed by atoms with Gasteiger partial charge in [0, 0.05) is 4.90 Å². The largest absolute Gasteiger partial charge is 0.418 e. The molecule has 0 aromatic heterocycles. The minimum Gasteiger partial charge on any atom is -0.351 e. The Morgan fingerprint density at radius 3 is 2.35 bits per heavy atom. The van der Waals surface area contributed by atoms with E-state index in [0.717, 1.165) is 4.90 Å². The topological polar surface area (TPSA) is 62.1 Å². The molecule has 2 atom stereocenters. The first-order valence-electron chi connectivity index (χ1n) is 9.77. The highest BCUT2D eigenvalue weighted by molar-refractivity contribution is 7.98. The summed E-state index contributed by atoms with van der Waals surface area (Å²) in [5, 5.41) is 11.0. The summed E-state index contributed by atoms with van der Waals surface area (Å²) in [5.41, 5.74) is 0.951. The molecule has 166 valence electrons. The summed E-state index contributed by atoms with van der Waals surface area (Å²) in [4.78, 5) is 13.4. The molecule has 8 heteroatoms. The molecule has 0 saturated carbocycles. The summed E-state index contributed by atoms with van der Waals surface area (Å²) in [7, 11) is 0. The van der Waals surface area contributed by atoms with Crippen molar-refractivity contribution in [3.8, 4) is 17.2 Å². The Morgan fingerprint density at radius 2 is 1.81 bits per heavy atom. The summed E-state index contributed by atoms with van der Waals surface area (Å²) < 4.78 is 47.8. The molecule has 0 heterocycles. The average molecular weight is 451 g/mol. The molecule has 0 bridgehead atoms. The number of nitriles is 1. The van der Waals surface area contributed by atoms with Crippen molar-refractivity contribution >= 4 is 17.7 Å². The fraction of sp³-hybridized carbons (Fsp3) is 0.391. The van der Waals surface area contributed by atoms with Gasteiger partial charge in [-0.3, -0.25) is 4.79 Å². The van der Waals surface area contributed by atoms with Crippen LogP contribution in [-0.4, -0.2) is 31.0 Å². The third-order valence-electron chi connectivity index (χ3n) is 4.56. The van der Waals surface area contributed by atoms with Gasteiger partial charge in [0.25, 0.3) is 0 Å². The predicted octanol–water partition coefficient (Wildman–Crippen LogP) is 5.75. The van der Waals surface area contributed by atoms with Gasteiger partial charge < -0.3 is 10.1 Å². The Kier molecular flexibility index (Phi) is 8.96. The van der Waals surface area contributed by atoms with Gasteiger partial charge >= 0.3 is 6.18 Å². The van der Waals surface area contributed by atoms with Crippen molar-refractivity contribution in [2.24, 2.45) is 5.92 Å². The van der Waals surface area contributed by atoms with E-state index in [9.17, 15) is 18.0 Å². The molecular weight excluding hydrogens is 425 g/mol. The second kappa shape index (κ2) is 11.2. The van der Waals surface area contributed by atoms with Gasteiger partial charge in [-0.25, -0.2) is 0 Å². The number of amides is 1. The number of hydrogen-bond donors (Lipinski definition) is 1. The zero-order valence-electron chi connectivity index (χ0n) is 17.6. The van der Waals surface area contributed by atoms with E-state index in [1.807, 2.05) is 18.4 Å². The number of benzene rings is 2. The second-order valence-corrected chi connectivity index (χ2v) is 8.25. The van der Waals surface area contributed by atoms with Crippen molar-refractivity contribution in [3.63, 3.8) is 0 Å². The molecule has 0 aliphatic carbocycles. The minimum atomic E-state index is -4.74. The van der Waals surface area contributed by atoms with Crippen LogP contribution in [0.5, 0.6) is 0 Å². The van der Waals surface area contributed by atoms with Crippen LogP contribution in [0.15, 0.2) is 53.4 Å². The molecule has 0 aliphatic rings. The zero-order chi connectivity index (χ0) is 23.0. The summed E-state index contributed by atoms with van der Waals surface area (Å²) in [6, 6.07) is 15.1. The lowest BCUT2D eigenvalue weighted by Gasteiger charge is -2.28. The lowest BCUT2D eigenvalue weighted by Crippen LogP contribution is -2.40. The molecule has 2 aromatic rings. The van der Waals surface area contributed by atoms with Gasteiger partial charge in [-0.05, 0) is 47.4 Å². The van der Waals surface area contributed by atoms with Gasteiger partial charge in [-0.15, -0.1) is 11.8 Å². The van der Waals surface area contributed by atoms with E-state index in [1.54, 1.807) is 44.2 Å². The van der Waals surface area contributed by atoms with Crippen molar-refractivity contribution in [3.05, 3.63) is 54.1 Å². The number of hydrogen-bond acceptors (Lipinski definition) is 4. The molecule has 2 unspecified atom stereocenters. The number of carbonyl (C=O) groups is 1. The number of ether oxygens (including phenoxy) is 1. The summed E-state index contributed by atoms with van der Waals surface area (Å²) in [6.45, 7) is 3.28. The number of carbonyl (C=O) groups excluding carboxylic acids is 1. The number of rotatable bonds is 9. The van der Waals surface area contributed by atoms with Gasteiger partial charge in [0.05, 0.1) is 6.07 Å². The number of thioether (sulfide) groups is 1. The number of nitrogens with one attached hydrogen (secondary N) is 1. The van der Waals surface area contributed by atoms with Crippen LogP contribution in [0.3, 0.4) is 0 Å². The van der Waals surface area contributed by atoms with E-state index in [1.165, 1.54) is 23.9 Å². The molecule has 2 aromatic carbocycles. The molecule has 0 aliphatic heterocycles. The third-order valence-corrected chi connectivity index (χ3v) is 5.31. The van der Waals surface area contributed by atoms with Crippen LogP contribution in [0, 0.1) is 17.2 Å².